The van der Waals surface area contributed by atoms with Crippen LogP contribution in [0.4, 0.5) is 4.39 Å². The van der Waals surface area contributed by atoms with Crippen LogP contribution in [-0.4, -0.2) is 11.4 Å². The minimum Gasteiger partial charge on any atom is -0.368 e. The molecule has 0 aliphatic rings. The van der Waals surface area contributed by atoms with Gasteiger partial charge in [0.15, 0.2) is 0 Å². The second-order valence-electron chi connectivity index (χ2n) is 5.67. The van der Waals surface area contributed by atoms with Crippen molar-refractivity contribution < 1.29 is 9.18 Å². The molecule has 2 rings (SSSR count). The first kappa shape index (κ1) is 22.3. The highest BCUT2D eigenvalue weighted by Gasteiger charge is 2.34. The first-order valence-electron chi connectivity index (χ1n) is 6.98. The van der Waals surface area contributed by atoms with Crippen molar-refractivity contribution in [2.24, 2.45) is 17.2 Å². The number of carbonyl (C=O) groups is 1. The average Bonchev–Trinajstić information content (AvgIpc) is 2.47. The Balaban J connectivity index is 0.00000264. The van der Waals surface area contributed by atoms with Gasteiger partial charge in [-0.3, -0.25) is 4.79 Å². The molecule has 0 saturated carbocycles. The van der Waals surface area contributed by atoms with Gasteiger partial charge in [-0.05, 0) is 42.2 Å². The summed E-state index contributed by atoms with van der Waals surface area (Å²) in [5.41, 5.74) is 18.5. The predicted molar refractivity (Wildman–Crippen MR) is 98.9 cm³/mol. The summed E-state index contributed by atoms with van der Waals surface area (Å²) in [6.07, 6.45) is 0.614. The Morgan fingerprint density at radius 3 is 2.21 bits per heavy atom. The smallest absolute Gasteiger partial charge is 0.239 e. The van der Waals surface area contributed by atoms with Crippen molar-refractivity contribution in [3.63, 3.8) is 0 Å². The summed E-state index contributed by atoms with van der Waals surface area (Å²) in [4.78, 5) is 11.4. The van der Waals surface area contributed by atoms with Crippen LogP contribution >= 0.6 is 24.8 Å². The molecule has 6 N–H and O–H groups in total. The third kappa shape index (κ3) is 5.18. The molecule has 0 fully saturated rings. The summed E-state index contributed by atoms with van der Waals surface area (Å²) in [5.74, 6) is -0.902. The van der Waals surface area contributed by atoms with E-state index in [1.807, 2.05) is 30.3 Å². The molecule has 0 spiro atoms. The van der Waals surface area contributed by atoms with Gasteiger partial charge in [0.1, 0.15) is 11.4 Å². The Morgan fingerprint density at radius 1 is 1.12 bits per heavy atom. The van der Waals surface area contributed by atoms with Crippen molar-refractivity contribution in [2.45, 2.75) is 24.9 Å². The molecule has 0 aliphatic carbocycles. The highest BCUT2D eigenvalue weighted by molar-refractivity contribution is 5.86. The number of halogens is 3. The number of rotatable bonds is 5. The molecule has 0 aliphatic heterocycles. The van der Waals surface area contributed by atoms with Gasteiger partial charge in [-0.2, -0.15) is 0 Å². The molecule has 132 valence electrons. The molecule has 0 radical (unpaired) electrons. The Morgan fingerprint density at radius 2 is 1.71 bits per heavy atom. The van der Waals surface area contributed by atoms with Gasteiger partial charge in [0.25, 0.3) is 0 Å². The SMILES string of the molecule is CC(N)(C(N)=O)C(N)c1ccc(Cc2cccc(F)c2)cc1.Cl.Cl. The number of benzene rings is 2. The molecule has 24 heavy (non-hydrogen) atoms. The van der Waals surface area contributed by atoms with E-state index in [4.69, 9.17) is 17.2 Å². The van der Waals surface area contributed by atoms with E-state index in [1.54, 1.807) is 6.07 Å². The van der Waals surface area contributed by atoms with Gasteiger partial charge in [0.05, 0.1) is 6.04 Å². The predicted octanol–water partition coefficient (Wildman–Crippen LogP) is 2.46. The number of carbonyl (C=O) groups excluding carboxylic acids is 1. The van der Waals surface area contributed by atoms with Crippen molar-refractivity contribution in [1.29, 1.82) is 0 Å². The van der Waals surface area contributed by atoms with Crippen LogP contribution in [0.3, 0.4) is 0 Å². The van der Waals surface area contributed by atoms with Crippen LogP contribution in [-0.2, 0) is 11.2 Å². The summed E-state index contributed by atoms with van der Waals surface area (Å²) in [6, 6.07) is 13.2. The van der Waals surface area contributed by atoms with Crippen LogP contribution in [0.15, 0.2) is 48.5 Å². The normalized spacial score (nSPS) is 13.8. The molecule has 2 aromatic rings. The fourth-order valence-corrected chi connectivity index (χ4v) is 2.22. The zero-order chi connectivity index (χ0) is 16.3. The maximum absolute atomic E-state index is 13.2. The third-order valence-corrected chi connectivity index (χ3v) is 3.81. The van der Waals surface area contributed by atoms with Crippen molar-refractivity contribution in [3.8, 4) is 0 Å². The van der Waals surface area contributed by atoms with Gasteiger partial charge >= 0.3 is 0 Å². The minimum absolute atomic E-state index is 0. The molecule has 2 aromatic carbocycles. The second kappa shape index (κ2) is 8.99. The first-order chi connectivity index (χ1) is 10.3. The Kier molecular flexibility index (Phi) is 8.37. The lowest BCUT2D eigenvalue weighted by Crippen LogP contribution is -2.56. The monoisotopic (exact) mass is 373 g/mol. The minimum atomic E-state index is -1.32. The molecule has 2 unspecified atom stereocenters. The topological polar surface area (TPSA) is 95.1 Å². The molecule has 0 bridgehead atoms. The standard InChI is InChI=1S/C17H20FN3O.2ClH/c1-17(21,16(20)22)15(19)13-7-5-11(6-8-13)9-12-3-2-4-14(18)10-12;;/h2-8,10,15H,9,19,21H2,1H3,(H2,20,22);2*1H. The van der Waals surface area contributed by atoms with Crippen LogP contribution in [0.1, 0.15) is 29.7 Å². The van der Waals surface area contributed by atoms with Gasteiger partial charge < -0.3 is 17.2 Å². The van der Waals surface area contributed by atoms with Crippen molar-refractivity contribution in [2.75, 3.05) is 0 Å². The maximum atomic E-state index is 13.2. The van der Waals surface area contributed by atoms with Gasteiger partial charge in [-0.15, -0.1) is 24.8 Å². The molecule has 0 aromatic heterocycles. The van der Waals surface area contributed by atoms with E-state index in [1.165, 1.54) is 19.1 Å². The lowest BCUT2D eigenvalue weighted by atomic mass is 9.87. The van der Waals surface area contributed by atoms with Crippen molar-refractivity contribution in [1.82, 2.24) is 0 Å². The van der Waals surface area contributed by atoms with E-state index in [0.29, 0.717) is 6.42 Å². The summed E-state index contributed by atoms with van der Waals surface area (Å²) < 4.78 is 13.2. The summed E-state index contributed by atoms with van der Waals surface area (Å²) in [7, 11) is 0. The third-order valence-electron chi connectivity index (χ3n) is 3.81. The van der Waals surface area contributed by atoms with Gasteiger partial charge in [0, 0.05) is 0 Å². The Hall–Kier alpha value is -1.66. The number of hydrogen-bond donors (Lipinski definition) is 3. The molecule has 2 atom stereocenters. The lowest BCUT2D eigenvalue weighted by molar-refractivity contribution is -0.123. The quantitative estimate of drug-likeness (QED) is 0.750. The summed E-state index contributed by atoms with van der Waals surface area (Å²) in [5, 5.41) is 0. The molecule has 7 heteroatoms. The maximum Gasteiger partial charge on any atom is 0.239 e. The number of nitrogens with two attached hydrogens (primary N) is 3. The molecule has 4 nitrogen and oxygen atoms in total. The van der Waals surface area contributed by atoms with Crippen LogP contribution in [0.2, 0.25) is 0 Å². The van der Waals surface area contributed by atoms with Gasteiger partial charge in [0.2, 0.25) is 5.91 Å². The van der Waals surface area contributed by atoms with E-state index in [-0.39, 0.29) is 30.6 Å². The number of hydrogen-bond acceptors (Lipinski definition) is 3. The average molecular weight is 374 g/mol. The van der Waals surface area contributed by atoms with Crippen molar-refractivity contribution >= 4 is 30.7 Å². The summed E-state index contributed by atoms with van der Waals surface area (Å²) in [6.45, 7) is 1.51. The first-order valence-corrected chi connectivity index (χ1v) is 6.98. The summed E-state index contributed by atoms with van der Waals surface area (Å²) >= 11 is 0. The fourth-order valence-electron chi connectivity index (χ4n) is 2.22. The zero-order valence-corrected chi connectivity index (χ0v) is 14.9. The fraction of sp³-hybridized carbons (Fsp3) is 0.235. The van der Waals surface area contributed by atoms with E-state index in [9.17, 15) is 9.18 Å². The Labute approximate surface area is 153 Å². The number of amides is 1. The molecule has 0 saturated heterocycles. The van der Waals surface area contributed by atoms with Crippen LogP contribution < -0.4 is 17.2 Å². The molecule has 1 amide bonds. The largest absolute Gasteiger partial charge is 0.368 e. The highest BCUT2D eigenvalue weighted by atomic mass is 35.5. The van der Waals surface area contributed by atoms with Gasteiger partial charge in [-0.1, -0.05) is 36.4 Å². The van der Waals surface area contributed by atoms with Crippen LogP contribution in [0.5, 0.6) is 0 Å². The number of primary amides is 1. The molecular weight excluding hydrogens is 352 g/mol. The second-order valence-corrected chi connectivity index (χ2v) is 5.67. The van der Waals surface area contributed by atoms with Gasteiger partial charge in [-0.25, -0.2) is 4.39 Å². The highest BCUT2D eigenvalue weighted by Crippen LogP contribution is 2.22. The van der Waals surface area contributed by atoms with E-state index in [0.717, 1.165) is 16.7 Å². The van der Waals surface area contributed by atoms with E-state index in [2.05, 4.69) is 0 Å². The van der Waals surface area contributed by atoms with E-state index < -0.39 is 17.5 Å². The zero-order valence-electron chi connectivity index (χ0n) is 13.2. The molecular formula is C17H22Cl2FN3O. The van der Waals surface area contributed by atoms with E-state index >= 15 is 0 Å². The molecule has 0 heterocycles. The van der Waals surface area contributed by atoms with Crippen LogP contribution in [0, 0.1) is 5.82 Å². The lowest BCUT2D eigenvalue weighted by Gasteiger charge is -2.28. The Bertz CT molecular complexity index is 678. The van der Waals surface area contributed by atoms with Crippen molar-refractivity contribution in [3.05, 3.63) is 71.0 Å². The van der Waals surface area contributed by atoms with Crippen LogP contribution in [0.25, 0.3) is 0 Å².